The highest BCUT2D eigenvalue weighted by Crippen LogP contribution is 2.53. The third-order valence-electron chi connectivity index (χ3n) is 8.04. The van der Waals surface area contributed by atoms with Crippen LogP contribution in [0.3, 0.4) is 0 Å². The van der Waals surface area contributed by atoms with E-state index >= 15 is 0 Å². The molecule has 270 valence electrons. The average Bonchev–Trinajstić information content (AvgIpc) is 3.50. The van der Waals surface area contributed by atoms with Crippen molar-refractivity contribution in [2.24, 2.45) is 0 Å². The second-order valence-electron chi connectivity index (χ2n) is 11.6. The number of carboxylic acids is 2. The van der Waals surface area contributed by atoms with Crippen LogP contribution in [0.1, 0.15) is 39.8 Å². The maximum absolute atomic E-state index is 13.9. The van der Waals surface area contributed by atoms with Crippen molar-refractivity contribution in [2.75, 3.05) is 0 Å². The molecule has 16 heteroatoms. The highest BCUT2D eigenvalue weighted by atomic mass is 16.6. The Morgan fingerprint density at radius 1 is 0.635 bits per heavy atom. The molecule has 9 N–H and O–H groups in total. The first-order valence-electron chi connectivity index (χ1n) is 15.2. The molecule has 0 saturated heterocycles. The van der Waals surface area contributed by atoms with Crippen LogP contribution in [-0.2, 0) is 41.5 Å². The van der Waals surface area contributed by atoms with Crippen LogP contribution in [-0.4, -0.2) is 82.0 Å². The van der Waals surface area contributed by atoms with E-state index in [1.807, 2.05) is 0 Å². The van der Waals surface area contributed by atoms with Crippen molar-refractivity contribution in [1.29, 1.82) is 0 Å². The van der Waals surface area contributed by atoms with Crippen LogP contribution in [0.15, 0.2) is 72.8 Å². The van der Waals surface area contributed by atoms with Crippen LogP contribution in [0.2, 0.25) is 0 Å². The Labute approximate surface area is 292 Å². The van der Waals surface area contributed by atoms with Crippen molar-refractivity contribution in [3.63, 3.8) is 0 Å². The second kappa shape index (κ2) is 14.8. The molecule has 1 heterocycles. The van der Waals surface area contributed by atoms with Crippen molar-refractivity contribution in [2.45, 2.75) is 37.1 Å². The summed E-state index contributed by atoms with van der Waals surface area (Å²) in [6.07, 6.45) is -3.85. The number of phenols is 7. The molecule has 4 atom stereocenters. The summed E-state index contributed by atoms with van der Waals surface area (Å²) in [5.74, 6) is -10.8. The number of benzene rings is 4. The molecule has 0 amide bonds. The van der Waals surface area contributed by atoms with Gasteiger partial charge in [0.2, 0.25) is 12.2 Å². The third-order valence-corrected chi connectivity index (χ3v) is 8.04. The lowest BCUT2D eigenvalue weighted by atomic mass is 9.87. The van der Waals surface area contributed by atoms with Crippen LogP contribution in [0.25, 0.3) is 6.08 Å². The number of hydrogen-bond donors (Lipinski definition) is 9. The first-order chi connectivity index (χ1) is 24.6. The molecule has 0 saturated carbocycles. The van der Waals surface area contributed by atoms with Gasteiger partial charge < -0.3 is 60.2 Å². The summed E-state index contributed by atoms with van der Waals surface area (Å²) < 4.78 is 16.5. The van der Waals surface area contributed by atoms with Gasteiger partial charge in [-0.3, -0.25) is 4.79 Å². The van der Waals surface area contributed by atoms with E-state index in [1.165, 1.54) is 24.3 Å². The Balaban J connectivity index is 1.47. The molecule has 52 heavy (non-hydrogen) atoms. The third kappa shape index (κ3) is 7.86. The number of esters is 2. The number of hydrogen-bond acceptors (Lipinski definition) is 14. The topological polar surface area (TPSA) is 278 Å². The number of fused-ring (bicyclic) bond motifs is 1. The minimum Gasteiger partial charge on any atom is -0.504 e. The van der Waals surface area contributed by atoms with E-state index < -0.39 is 94.8 Å². The van der Waals surface area contributed by atoms with Gasteiger partial charge in [-0.05, 0) is 70.8 Å². The van der Waals surface area contributed by atoms with Gasteiger partial charge in [-0.25, -0.2) is 14.4 Å². The summed E-state index contributed by atoms with van der Waals surface area (Å²) >= 11 is 0. The normalized spacial score (nSPS) is 16.0. The fraction of sp³-hybridized carbons (Fsp3) is 0.167. The second-order valence-corrected chi connectivity index (χ2v) is 11.6. The summed E-state index contributed by atoms with van der Waals surface area (Å²) in [6, 6.07) is 13.0. The summed E-state index contributed by atoms with van der Waals surface area (Å²) in [4.78, 5) is 50.9. The standard InChI is InChI=1S/C36H30O16/c37-20-6-1-16(11-24(20)41)13-27(34(45)46)50-29(44)10-5-18-3-9-23(40)33-30(18)31(32(52-33)19-4-8-22(39)26(43)15-19)36(49)51-28(35(47)48)14-17-2-7-21(38)25(42)12-17/h1-12,15,27-28,31-32,37-43H,13-14H2,(H,45,46)(H,47,48)/b10-5+/t27-,28+,31-,32?/m0/s1. The lowest BCUT2D eigenvalue weighted by Gasteiger charge is -2.22. The number of aromatic hydroxyl groups is 7. The number of ether oxygens (including phenoxy) is 3. The Morgan fingerprint density at radius 2 is 1.13 bits per heavy atom. The van der Waals surface area contributed by atoms with Gasteiger partial charge in [0.15, 0.2) is 46.0 Å². The largest absolute Gasteiger partial charge is 0.504 e. The molecule has 0 radical (unpaired) electrons. The van der Waals surface area contributed by atoms with Gasteiger partial charge in [-0.1, -0.05) is 24.3 Å². The molecule has 1 aliphatic rings. The fourth-order valence-corrected chi connectivity index (χ4v) is 5.49. The molecule has 0 aromatic heterocycles. The molecular formula is C36H30O16. The van der Waals surface area contributed by atoms with E-state index in [0.717, 1.165) is 54.6 Å². The van der Waals surface area contributed by atoms with Crippen molar-refractivity contribution >= 4 is 30.0 Å². The van der Waals surface area contributed by atoms with E-state index in [4.69, 9.17) is 14.2 Å². The average molecular weight is 719 g/mol. The van der Waals surface area contributed by atoms with Gasteiger partial charge in [0.1, 0.15) is 12.0 Å². The minimum atomic E-state index is -1.84. The molecule has 0 fully saturated rings. The molecule has 1 aliphatic heterocycles. The number of phenolic OH excluding ortho intramolecular Hbond substituents is 7. The van der Waals surface area contributed by atoms with Gasteiger partial charge in [-0.2, -0.15) is 0 Å². The lowest BCUT2D eigenvalue weighted by Crippen LogP contribution is -2.33. The maximum atomic E-state index is 13.9. The zero-order valence-corrected chi connectivity index (χ0v) is 26.6. The first-order valence-corrected chi connectivity index (χ1v) is 15.2. The van der Waals surface area contributed by atoms with E-state index in [-0.39, 0.29) is 40.0 Å². The van der Waals surface area contributed by atoms with Crippen molar-refractivity contribution in [3.8, 4) is 46.0 Å². The molecular weight excluding hydrogens is 688 g/mol. The Hall–Kier alpha value is -7.10. The van der Waals surface area contributed by atoms with Gasteiger partial charge in [-0.15, -0.1) is 0 Å². The highest BCUT2D eigenvalue weighted by molar-refractivity contribution is 5.92. The Morgan fingerprint density at radius 3 is 1.65 bits per heavy atom. The summed E-state index contributed by atoms with van der Waals surface area (Å²) in [5.41, 5.74) is 0.445. The zero-order chi connectivity index (χ0) is 37.9. The molecule has 5 rings (SSSR count). The molecule has 0 aliphatic carbocycles. The number of carbonyl (C=O) groups is 4. The quantitative estimate of drug-likeness (QED) is 0.0577. The first kappa shape index (κ1) is 36.2. The molecule has 4 aromatic rings. The van der Waals surface area contributed by atoms with Crippen LogP contribution in [0.4, 0.5) is 0 Å². The monoisotopic (exact) mass is 718 g/mol. The van der Waals surface area contributed by atoms with Crippen LogP contribution in [0, 0.1) is 0 Å². The smallest absolute Gasteiger partial charge is 0.345 e. The minimum absolute atomic E-state index is 0.0443. The number of carbonyl (C=O) groups excluding carboxylic acids is 2. The van der Waals surface area contributed by atoms with E-state index in [1.54, 1.807) is 0 Å². The molecule has 0 spiro atoms. The van der Waals surface area contributed by atoms with Gasteiger partial charge in [0, 0.05) is 24.5 Å². The van der Waals surface area contributed by atoms with Crippen molar-refractivity contribution in [3.05, 3.63) is 101 Å². The van der Waals surface area contributed by atoms with Crippen LogP contribution in [0.5, 0.6) is 46.0 Å². The SMILES string of the molecule is O=C(/C=C/c1ccc(O)c2c1[C@H](C(=O)O[C@H](Cc1ccc(O)c(O)c1)C(=O)O)C(c1ccc(O)c(O)c1)O2)O[C@@H](Cc1ccc(O)c(O)c1)C(=O)O. The number of rotatable bonds is 12. The van der Waals surface area contributed by atoms with Gasteiger partial charge >= 0.3 is 23.9 Å². The Kier molecular flexibility index (Phi) is 10.3. The molecule has 16 nitrogen and oxygen atoms in total. The summed E-state index contributed by atoms with van der Waals surface area (Å²) in [5, 5.41) is 89.1. The van der Waals surface area contributed by atoms with Crippen molar-refractivity contribution < 1.29 is 79.3 Å². The van der Waals surface area contributed by atoms with E-state index in [2.05, 4.69) is 0 Å². The molecule has 0 bridgehead atoms. The van der Waals surface area contributed by atoms with E-state index in [9.17, 15) is 65.1 Å². The number of aliphatic carboxylic acids is 2. The van der Waals surface area contributed by atoms with Gasteiger partial charge in [0.25, 0.3) is 0 Å². The summed E-state index contributed by atoms with van der Waals surface area (Å²) in [7, 11) is 0. The van der Waals surface area contributed by atoms with Gasteiger partial charge in [0.05, 0.1) is 0 Å². The van der Waals surface area contributed by atoms with Crippen molar-refractivity contribution in [1.82, 2.24) is 0 Å². The highest BCUT2D eigenvalue weighted by Gasteiger charge is 2.46. The molecule has 4 aromatic carbocycles. The number of carboxylic acid groups (broad SMARTS) is 2. The maximum Gasteiger partial charge on any atom is 0.345 e. The Bertz CT molecular complexity index is 2090. The van der Waals surface area contributed by atoms with Crippen LogP contribution >= 0.6 is 0 Å². The van der Waals surface area contributed by atoms with Crippen LogP contribution < -0.4 is 4.74 Å². The lowest BCUT2D eigenvalue weighted by molar-refractivity contribution is -0.166. The predicted molar refractivity (Wildman–Crippen MR) is 175 cm³/mol. The molecule has 1 unspecified atom stereocenters. The summed E-state index contributed by atoms with van der Waals surface area (Å²) in [6.45, 7) is 0. The van der Waals surface area contributed by atoms with E-state index in [0.29, 0.717) is 0 Å². The zero-order valence-electron chi connectivity index (χ0n) is 26.6. The predicted octanol–water partition coefficient (Wildman–Crippen LogP) is 3.33. The fourth-order valence-electron chi connectivity index (χ4n) is 5.49.